The minimum Gasteiger partial charge on any atom is -0.364 e. The third-order valence-electron chi connectivity index (χ3n) is 2.98. The van der Waals surface area contributed by atoms with Crippen LogP contribution in [0, 0.1) is 10.1 Å². The monoisotopic (exact) mass is 301 g/mol. The second-order valence-electron chi connectivity index (χ2n) is 5.14. The van der Waals surface area contributed by atoms with Crippen LogP contribution in [-0.4, -0.2) is 27.5 Å². The van der Waals surface area contributed by atoms with Crippen molar-refractivity contribution < 1.29 is 4.92 Å². The van der Waals surface area contributed by atoms with Gasteiger partial charge in [-0.3, -0.25) is 10.1 Å². The van der Waals surface area contributed by atoms with Gasteiger partial charge in [-0.15, -0.1) is 0 Å². The Morgan fingerprint density at radius 3 is 2.50 bits per heavy atom. The van der Waals surface area contributed by atoms with E-state index in [1.165, 1.54) is 6.33 Å². The molecule has 1 heterocycles. The molecule has 2 aromatic rings. The van der Waals surface area contributed by atoms with Gasteiger partial charge in [-0.1, -0.05) is 30.3 Å². The van der Waals surface area contributed by atoms with Gasteiger partial charge in [-0.2, -0.15) is 0 Å². The Balaban J connectivity index is 2.11. The van der Waals surface area contributed by atoms with Crippen LogP contribution < -0.4 is 10.6 Å². The molecule has 7 heteroatoms. The van der Waals surface area contributed by atoms with Crippen molar-refractivity contribution in [3.8, 4) is 0 Å². The van der Waals surface area contributed by atoms with Gasteiger partial charge in [-0.25, -0.2) is 9.97 Å². The number of hydrogen-bond donors (Lipinski definition) is 2. The standard InChI is InChI=1S/C15H19N5O2/c1-11(2)19-15-13(20(21)22)14(17-10-18-15)16-9-8-12-6-4-3-5-7-12/h3-7,10-11H,8-9H2,1-2H3,(H2,16,17,18,19). The van der Waals surface area contributed by atoms with E-state index in [0.29, 0.717) is 6.54 Å². The third-order valence-corrected chi connectivity index (χ3v) is 2.98. The minimum atomic E-state index is -0.463. The second-order valence-corrected chi connectivity index (χ2v) is 5.14. The Labute approximate surface area is 129 Å². The van der Waals surface area contributed by atoms with Crippen molar-refractivity contribution in [2.75, 3.05) is 17.2 Å². The molecule has 0 atom stereocenters. The number of nitrogens with one attached hydrogen (secondary N) is 2. The van der Waals surface area contributed by atoms with Crippen molar-refractivity contribution in [3.05, 3.63) is 52.3 Å². The first-order valence-corrected chi connectivity index (χ1v) is 7.11. The van der Waals surface area contributed by atoms with Crippen molar-refractivity contribution in [3.63, 3.8) is 0 Å². The summed E-state index contributed by atoms with van der Waals surface area (Å²) in [5.41, 5.74) is 1.04. The number of benzene rings is 1. The van der Waals surface area contributed by atoms with Crippen LogP contribution in [0.15, 0.2) is 36.7 Å². The average molecular weight is 301 g/mol. The van der Waals surface area contributed by atoms with Gasteiger partial charge >= 0.3 is 5.69 Å². The highest BCUT2D eigenvalue weighted by Gasteiger charge is 2.22. The van der Waals surface area contributed by atoms with E-state index in [2.05, 4.69) is 20.6 Å². The molecule has 0 fully saturated rings. The highest BCUT2D eigenvalue weighted by atomic mass is 16.6. The molecule has 0 aliphatic carbocycles. The third kappa shape index (κ3) is 4.15. The zero-order valence-corrected chi connectivity index (χ0v) is 12.6. The van der Waals surface area contributed by atoms with Crippen molar-refractivity contribution in [1.82, 2.24) is 9.97 Å². The number of nitro groups is 1. The predicted molar refractivity (Wildman–Crippen MR) is 86.1 cm³/mol. The molecule has 22 heavy (non-hydrogen) atoms. The molecule has 0 bridgehead atoms. The highest BCUT2D eigenvalue weighted by Crippen LogP contribution is 2.29. The maximum absolute atomic E-state index is 11.3. The molecule has 0 saturated heterocycles. The van der Waals surface area contributed by atoms with Crippen LogP contribution in [0.25, 0.3) is 0 Å². The van der Waals surface area contributed by atoms with Crippen molar-refractivity contribution in [2.24, 2.45) is 0 Å². The molecule has 1 aromatic heterocycles. The van der Waals surface area contributed by atoms with E-state index in [-0.39, 0.29) is 23.4 Å². The summed E-state index contributed by atoms with van der Waals surface area (Å²) in [5, 5.41) is 17.3. The van der Waals surface area contributed by atoms with Gasteiger partial charge in [0.05, 0.1) is 4.92 Å². The summed E-state index contributed by atoms with van der Waals surface area (Å²) in [6.07, 6.45) is 2.08. The Bertz CT molecular complexity index is 631. The molecular weight excluding hydrogens is 282 g/mol. The minimum absolute atomic E-state index is 0.0470. The van der Waals surface area contributed by atoms with Crippen LogP contribution >= 0.6 is 0 Å². The largest absolute Gasteiger partial charge is 0.364 e. The summed E-state index contributed by atoms with van der Waals surface area (Å²) >= 11 is 0. The number of nitrogens with zero attached hydrogens (tertiary/aromatic N) is 3. The van der Waals surface area contributed by atoms with Crippen LogP contribution in [0.5, 0.6) is 0 Å². The molecule has 0 aliphatic heterocycles. The maximum atomic E-state index is 11.3. The summed E-state index contributed by atoms with van der Waals surface area (Å²) in [6.45, 7) is 4.35. The van der Waals surface area contributed by atoms with E-state index in [1.807, 2.05) is 44.2 Å². The fourth-order valence-electron chi connectivity index (χ4n) is 2.03. The van der Waals surface area contributed by atoms with E-state index in [0.717, 1.165) is 12.0 Å². The lowest BCUT2D eigenvalue weighted by atomic mass is 10.1. The smallest absolute Gasteiger partial charge is 0.353 e. The molecule has 2 N–H and O–H groups in total. The van der Waals surface area contributed by atoms with Crippen LogP contribution in [0.1, 0.15) is 19.4 Å². The molecule has 2 rings (SSSR count). The van der Waals surface area contributed by atoms with E-state index < -0.39 is 4.92 Å². The first-order chi connectivity index (χ1) is 10.6. The van der Waals surface area contributed by atoms with E-state index in [4.69, 9.17) is 0 Å². The van der Waals surface area contributed by atoms with Gasteiger partial charge in [0.1, 0.15) is 6.33 Å². The molecule has 0 aliphatic rings. The Hall–Kier alpha value is -2.70. The van der Waals surface area contributed by atoms with E-state index in [9.17, 15) is 10.1 Å². The molecule has 0 radical (unpaired) electrons. The number of hydrogen-bond acceptors (Lipinski definition) is 6. The topological polar surface area (TPSA) is 93.0 Å². The lowest BCUT2D eigenvalue weighted by molar-refractivity contribution is -0.383. The molecule has 0 unspecified atom stereocenters. The van der Waals surface area contributed by atoms with E-state index in [1.54, 1.807) is 0 Å². The quantitative estimate of drug-likeness (QED) is 0.603. The number of aromatic nitrogens is 2. The summed E-state index contributed by atoms with van der Waals surface area (Å²) in [6, 6.07) is 9.96. The fourth-order valence-corrected chi connectivity index (χ4v) is 2.03. The van der Waals surface area contributed by atoms with Crippen LogP contribution in [0.2, 0.25) is 0 Å². The lowest BCUT2D eigenvalue weighted by Gasteiger charge is -2.11. The molecule has 0 amide bonds. The Morgan fingerprint density at radius 2 is 1.86 bits per heavy atom. The second kappa shape index (κ2) is 7.35. The van der Waals surface area contributed by atoms with Gasteiger partial charge in [-0.05, 0) is 25.8 Å². The molecule has 7 nitrogen and oxygen atoms in total. The highest BCUT2D eigenvalue weighted by molar-refractivity contribution is 5.69. The zero-order chi connectivity index (χ0) is 15.9. The Kier molecular flexibility index (Phi) is 5.24. The number of anilines is 2. The summed E-state index contributed by atoms with van der Waals surface area (Å²) in [5.74, 6) is 0.469. The molecule has 0 saturated carbocycles. The van der Waals surface area contributed by atoms with Crippen LogP contribution in [0.3, 0.4) is 0 Å². The van der Waals surface area contributed by atoms with E-state index >= 15 is 0 Å². The van der Waals surface area contributed by atoms with Crippen molar-refractivity contribution in [1.29, 1.82) is 0 Å². The average Bonchev–Trinajstić information content (AvgIpc) is 2.47. The van der Waals surface area contributed by atoms with Crippen LogP contribution in [0.4, 0.5) is 17.3 Å². The molecule has 116 valence electrons. The van der Waals surface area contributed by atoms with Crippen LogP contribution in [-0.2, 0) is 6.42 Å². The Morgan fingerprint density at radius 1 is 1.18 bits per heavy atom. The van der Waals surface area contributed by atoms with Gasteiger partial charge in [0.15, 0.2) is 0 Å². The van der Waals surface area contributed by atoms with Gasteiger partial charge in [0, 0.05) is 12.6 Å². The predicted octanol–water partition coefficient (Wildman–Crippen LogP) is 2.86. The normalized spacial score (nSPS) is 10.5. The van der Waals surface area contributed by atoms with Gasteiger partial charge < -0.3 is 10.6 Å². The lowest BCUT2D eigenvalue weighted by Crippen LogP contribution is -2.15. The zero-order valence-electron chi connectivity index (χ0n) is 12.6. The summed E-state index contributed by atoms with van der Waals surface area (Å²) < 4.78 is 0. The number of rotatable bonds is 7. The molecular formula is C15H19N5O2. The SMILES string of the molecule is CC(C)Nc1ncnc(NCCc2ccccc2)c1[N+](=O)[O-]. The fraction of sp³-hybridized carbons (Fsp3) is 0.333. The van der Waals surface area contributed by atoms with Crippen molar-refractivity contribution in [2.45, 2.75) is 26.3 Å². The molecule has 1 aromatic carbocycles. The maximum Gasteiger partial charge on any atom is 0.353 e. The summed E-state index contributed by atoms with van der Waals surface area (Å²) in [7, 11) is 0. The summed E-state index contributed by atoms with van der Waals surface area (Å²) in [4.78, 5) is 18.8. The van der Waals surface area contributed by atoms with Gasteiger partial charge in [0.2, 0.25) is 11.6 Å². The first-order valence-electron chi connectivity index (χ1n) is 7.11. The molecule has 0 spiro atoms. The van der Waals surface area contributed by atoms with Crippen molar-refractivity contribution >= 4 is 17.3 Å². The van der Waals surface area contributed by atoms with Gasteiger partial charge in [0.25, 0.3) is 0 Å². The first kappa shape index (κ1) is 15.7.